The van der Waals surface area contributed by atoms with Crippen molar-refractivity contribution >= 4 is 41.5 Å². The first-order chi connectivity index (χ1) is 10.8. The van der Waals surface area contributed by atoms with Crippen molar-refractivity contribution in [2.24, 2.45) is 4.99 Å². The van der Waals surface area contributed by atoms with Gasteiger partial charge in [0.2, 0.25) is 0 Å². The van der Waals surface area contributed by atoms with Gasteiger partial charge in [-0.15, -0.1) is 24.0 Å². The number of guanidine groups is 1. The number of rotatable bonds is 7. The van der Waals surface area contributed by atoms with Crippen molar-refractivity contribution in [3.63, 3.8) is 0 Å². The molecule has 1 aromatic carbocycles. The monoisotopic (exact) mass is 451 g/mol. The predicted octanol–water partition coefficient (Wildman–Crippen LogP) is 3.97. The van der Waals surface area contributed by atoms with Crippen molar-refractivity contribution in [2.45, 2.75) is 44.8 Å². The third-order valence-corrected chi connectivity index (χ3v) is 4.08. The van der Waals surface area contributed by atoms with E-state index in [4.69, 9.17) is 16.3 Å². The summed E-state index contributed by atoms with van der Waals surface area (Å²) in [6.45, 7) is 2.39. The number of nitrogens with one attached hydrogen (secondary N) is 2. The van der Waals surface area contributed by atoms with Crippen molar-refractivity contribution in [3.8, 4) is 0 Å². The molecule has 1 aliphatic carbocycles. The van der Waals surface area contributed by atoms with Crippen LogP contribution in [0.4, 0.5) is 0 Å². The van der Waals surface area contributed by atoms with Crippen LogP contribution >= 0.6 is 35.6 Å². The van der Waals surface area contributed by atoms with Crippen LogP contribution in [0.15, 0.2) is 29.3 Å². The highest BCUT2D eigenvalue weighted by atomic mass is 127. The van der Waals surface area contributed by atoms with E-state index in [-0.39, 0.29) is 24.0 Å². The van der Waals surface area contributed by atoms with Crippen LogP contribution in [0.5, 0.6) is 0 Å². The van der Waals surface area contributed by atoms with Crippen LogP contribution in [-0.4, -0.2) is 32.3 Å². The highest BCUT2D eigenvalue weighted by Crippen LogP contribution is 2.20. The summed E-state index contributed by atoms with van der Waals surface area (Å²) in [7, 11) is 1.78. The maximum absolute atomic E-state index is 5.98. The van der Waals surface area contributed by atoms with Crippen molar-refractivity contribution in [1.29, 1.82) is 0 Å². The third-order valence-electron chi connectivity index (χ3n) is 3.84. The molecule has 0 amide bonds. The van der Waals surface area contributed by atoms with E-state index in [0.717, 1.165) is 36.1 Å². The van der Waals surface area contributed by atoms with Crippen molar-refractivity contribution < 1.29 is 4.74 Å². The van der Waals surface area contributed by atoms with Gasteiger partial charge in [-0.05, 0) is 37.0 Å². The van der Waals surface area contributed by atoms with Crippen LogP contribution in [-0.2, 0) is 11.3 Å². The maximum atomic E-state index is 5.98. The van der Waals surface area contributed by atoms with Crippen molar-refractivity contribution in [2.75, 3.05) is 20.2 Å². The van der Waals surface area contributed by atoms with Gasteiger partial charge in [0.25, 0.3) is 0 Å². The van der Waals surface area contributed by atoms with E-state index < -0.39 is 0 Å². The summed E-state index contributed by atoms with van der Waals surface area (Å²) in [6.07, 6.45) is 6.60. The highest BCUT2D eigenvalue weighted by molar-refractivity contribution is 14.0. The average molecular weight is 452 g/mol. The Morgan fingerprint density at radius 3 is 2.78 bits per heavy atom. The van der Waals surface area contributed by atoms with Gasteiger partial charge in [-0.25, -0.2) is 0 Å². The van der Waals surface area contributed by atoms with Crippen LogP contribution in [0, 0.1) is 0 Å². The van der Waals surface area contributed by atoms with Gasteiger partial charge >= 0.3 is 0 Å². The lowest BCUT2D eigenvalue weighted by molar-refractivity contribution is 0.0574. The minimum absolute atomic E-state index is 0. The van der Waals surface area contributed by atoms with Crippen LogP contribution in [0.3, 0.4) is 0 Å². The molecule has 0 unspecified atom stereocenters. The molecular weight excluding hydrogens is 425 g/mol. The zero-order valence-corrected chi connectivity index (χ0v) is 16.8. The van der Waals surface area contributed by atoms with E-state index >= 15 is 0 Å². The Hall–Kier alpha value is -0.530. The molecule has 0 bridgehead atoms. The molecule has 1 aliphatic rings. The number of ether oxygens (including phenoxy) is 1. The first-order valence-electron chi connectivity index (χ1n) is 8.08. The van der Waals surface area contributed by atoms with Crippen molar-refractivity contribution in [1.82, 2.24) is 10.6 Å². The number of nitrogens with zero attached hydrogens (tertiary/aromatic N) is 1. The number of benzene rings is 1. The zero-order valence-electron chi connectivity index (χ0n) is 13.7. The second-order valence-electron chi connectivity index (χ2n) is 5.61. The second kappa shape index (κ2) is 11.9. The molecule has 1 fully saturated rings. The smallest absolute Gasteiger partial charge is 0.191 e. The Labute approximate surface area is 161 Å². The molecular formula is C17H27ClIN3O. The van der Waals surface area contributed by atoms with Gasteiger partial charge in [0, 0.05) is 31.8 Å². The molecule has 4 nitrogen and oxygen atoms in total. The van der Waals surface area contributed by atoms with E-state index in [1.807, 2.05) is 24.3 Å². The van der Waals surface area contributed by atoms with Crippen LogP contribution in [0.2, 0.25) is 5.02 Å². The minimum Gasteiger partial charge on any atom is -0.378 e. The van der Waals surface area contributed by atoms with E-state index in [2.05, 4.69) is 15.6 Å². The maximum Gasteiger partial charge on any atom is 0.191 e. The Morgan fingerprint density at radius 1 is 1.30 bits per heavy atom. The number of hydrogen-bond acceptors (Lipinski definition) is 2. The normalized spacial score (nSPS) is 15.3. The molecule has 0 saturated heterocycles. The molecule has 23 heavy (non-hydrogen) atoms. The molecule has 0 aliphatic heterocycles. The molecule has 130 valence electrons. The quantitative estimate of drug-likeness (QED) is 0.285. The molecule has 1 aromatic rings. The average Bonchev–Trinajstić information content (AvgIpc) is 3.03. The summed E-state index contributed by atoms with van der Waals surface area (Å²) in [5.74, 6) is 0.806. The Kier molecular flexibility index (Phi) is 10.6. The van der Waals surface area contributed by atoms with Gasteiger partial charge in [-0.3, -0.25) is 4.99 Å². The van der Waals surface area contributed by atoms with Gasteiger partial charge in [0.05, 0.1) is 6.10 Å². The summed E-state index contributed by atoms with van der Waals surface area (Å²) in [4.78, 5) is 4.22. The highest BCUT2D eigenvalue weighted by Gasteiger charge is 2.14. The first kappa shape index (κ1) is 20.5. The van der Waals surface area contributed by atoms with Gasteiger partial charge in [-0.2, -0.15) is 0 Å². The largest absolute Gasteiger partial charge is 0.378 e. The molecule has 0 aromatic heterocycles. The SMILES string of the molecule is CN=C(NCCCOC1CCCC1)NCc1cccc(Cl)c1.I. The molecule has 2 rings (SSSR count). The fourth-order valence-corrected chi connectivity index (χ4v) is 2.85. The van der Waals surface area contributed by atoms with Crippen LogP contribution in [0.1, 0.15) is 37.7 Å². The molecule has 0 radical (unpaired) electrons. The molecule has 6 heteroatoms. The second-order valence-corrected chi connectivity index (χ2v) is 6.05. The van der Waals surface area contributed by atoms with Gasteiger partial charge in [-0.1, -0.05) is 36.6 Å². The number of halogens is 2. The lowest BCUT2D eigenvalue weighted by Crippen LogP contribution is -2.37. The Morgan fingerprint density at radius 2 is 2.09 bits per heavy atom. The fourth-order valence-electron chi connectivity index (χ4n) is 2.64. The topological polar surface area (TPSA) is 45.7 Å². The fraction of sp³-hybridized carbons (Fsp3) is 0.588. The van der Waals surface area contributed by atoms with E-state index in [1.54, 1.807) is 7.05 Å². The van der Waals surface area contributed by atoms with Crippen LogP contribution < -0.4 is 10.6 Å². The minimum atomic E-state index is 0. The molecule has 0 heterocycles. The Bertz CT molecular complexity index is 479. The van der Waals surface area contributed by atoms with Gasteiger partial charge < -0.3 is 15.4 Å². The van der Waals surface area contributed by atoms with Crippen LogP contribution in [0.25, 0.3) is 0 Å². The van der Waals surface area contributed by atoms with Crippen molar-refractivity contribution in [3.05, 3.63) is 34.9 Å². The summed E-state index contributed by atoms with van der Waals surface area (Å²) >= 11 is 5.98. The summed E-state index contributed by atoms with van der Waals surface area (Å²) in [5.41, 5.74) is 1.14. The molecule has 1 saturated carbocycles. The molecule has 2 N–H and O–H groups in total. The van der Waals surface area contributed by atoms with Gasteiger partial charge in [0.15, 0.2) is 5.96 Å². The zero-order chi connectivity index (χ0) is 15.6. The van der Waals surface area contributed by atoms with E-state index in [1.165, 1.54) is 25.7 Å². The van der Waals surface area contributed by atoms with E-state index in [0.29, 0.717) is 12.6 Å². The third kappa shape index (κ3) is 8.22. The number of aliphatic imine (C=N–C) groups is 1. The summed E-state index contributed by atoms with van der Waals surface area (Å²) in [5, 5.41) is 7.35. The lowest BCUT2D eigenvalue weighted by Gasteiger charge is -2.13. The molecule has 0 atom stereocenters. The molecule has 0 spiro atoms. The number of hydrogen-bond donors (Lipinski definition) is 2. The Balaban J connectivity index is 0.00000264. The van der Waals surface area contributed by atoms with E-state index in [9.17, 15) is 0 Å². The predicted molar refractivity (Wildman–Crippen MR) is 108 cm³/mol. The van der Waals surface area contributed by atoms with Gasteiger partial charge in [0.1, 0.15) is 0 Å². The lowest BCUT2D eigenvalue weighted by atomic mass is 10.2. The first-order valence-corrected chi connectivity index (χ1v) is 8.46. The summed E-state index contributed by atoms with van der Waals surface area (Å²) in [6, 6.07) is 7.83. The standard InChI is InChI=1S/C17H26ClN3O.HI/c1-19-17(21-13-14-6-4-7-15(18)12-14)20-10-5-11-22-16-8-2-3-9-16;/h4,6-7,12,16H,2-3,5,8-11,13H2,1H3,(H2,19,20,21);1H. The summed E-state index contributed by atoms with van der Waals surface area (Å²) < 4.78 is 5.85.